The predicted molar refractivity (Wildman–Crippen MR) is 90.2 cm³/mol. The molecule has 2 rings (SSSR count). The molecule has 1 aliphatic rings. The Morgan fingerprint density at radius 2 is 2.22 bits per heavy atom. The van der Waals surface area contributed by atoms with E-state index in [2.05, 4.69) is 17.3 Å². The Labute approximate surface area is 139 Å². The Morgan fingerprint density at radius 1 is 1.48 bits per heavy atom. The molecule has 0 aromatic carbocycles. The van der Waals surface area contributed by atoms with Crippen LogP contribution in [0.3, 0.4) is 0 Å². The van der Waals surface area contributed by atoms with Crippen molar-refractivity contribution in [1.29, 1.82) is 0 Å². The normalized spacial score (nSPS) is 20.4. The van der Waals surface area contributed by atoms with Crippen molar-refractivity contribution in [2.45, 2.75) is 64.6 Å². The molecule has 2 unspecified atom stereocenters. The molecule has 1 aliphatic heterocycles. The molecule has 0 bridgehead atoms. The molecule has 1 N–H and O–H groups in total. The number of hydrogen-bond donors (Lipinski definition) is 1. The molecule has 2 atom stereocenters. The first-order valence-corrected chi connectivity index (χ1v) is 8.48. The lowest BCUT2D eigenvalue weighted by Gasteiger charge is -2.37. The summed E-state index contributed by atoms with van der Waals surface area (Å²) in [6, 6.07) is 0.406. The zero-order chi connectivity index (χ0) is 17.0. The summed E-state index contributed by atoms with van der Waals surface area (Å²) >= 11 is 0. The summed E-state index contributed by atoms with van der Waals surface area (Å²) in [4.78, 5) is 14.3. The average molecular weight is 322 g/mol. The van der Waals surface area contributed by atoms with Gasteiger partial charge < -0.3 is 15.0 Å². The third kappa shape index (κ3) is 5.23. The minimum absolute atomic E-state index is 0.192. The summed E-state index contributed by atoms with van der Waals surface area (Å²) in [6.45, 7) is 9.40. The van der Waals surface area contributed by atoms with Crippen LogP contribution in [-0.4, -0.2) is 45.5 Å². The van der Waals surface area contributed by atoms with E-state index < -0.39 is 5.60 Å². The number of amides is 1. The van der Waals surface area contributed by atoms with Crippen LogP contribution in [-0.2, 0) is 11.8 Å². The maximum Gasteiger partial charge on any atom is 0.410 e. The van der Waals surface area contributed by atoms with E-state index in [9.17, 15) is 4.79 Å². The summed E-state index contributed by atoms with van der Waals surface area (Å²) < 4.78 is 7.35. The molecule has 23 heavy (non-hydrogen) atoms. The Kier molecular flexibility index (Phi) is 5.68. The lowest BCUT2D eigenvalue weighted by Crippen LogP contribution is -2.50. The molecule has 1 fully saturated rings. The lowest BCUT2D eigenvalue weighted by molar-refractivity contribution is 0.00970. The molecule has 6 heteroatoms. The highest BCUT2D eigenvalue weighted by molar-refractivity contribution is 5.68. The van der Waals surface area contributed by atoms with Crippen molar-refractivity contribution in [3.8, 4) is 0 Å². The maximum atomic E-state index is 12.4. The zero-order valence-corrected chi connectivity index (χ0v) is 15.0. The number of nitrogens with zero attached hydrogens (tertiary/aromatic N) is 3. The van der Waals surface area contributed by atoms with Gasteiger partial charge in [0.05, 0.1) is 6.20 Å². The van der Waals surface area contributed by atoms with Gasteiger partial charge in [-0.1, -0.05) is 0 Å². The molecule has 130 valence electrons. The molecule has 0 saturated carbocycles. The highest BCUT2D eigenvalue weighted by Gasteiger charge is 2.30. The first-order chi connectivity index (χ1) is 10.8. The summed E-state index contributed by atoms with van der Waals surface area (Å²) in [5.41, 5.74) is 0.710. The molecule has 0 radical (unpaired) electrons. The van der Waals surface area contributed by atoms with Gasteiger partial charge in [0.25, 0.3) is 0 Å². The van der Waals surface area contributed by atoms with Crippen molar-refractivity contribution in [1.82, 2.24) is 20.0 Å². The van der Waals surface area contributed by atoms with Crippen LogP contribution in [0.2, 0.25) is 0 Å². The fraction of sp³-hybridized carbons (Fsp3) is 0.765. The van der Waals surface area contributed by atoms with E-state index in [-0.39, 0.29) is 18.2 Å². The summed E-state index contributed by atoms with van der Waals surface area (Å²) in [5, 5.41) is 7.73. The van der Waals surface area contributed by atoms with Gasteiger partial charge in [0.15, 0.2) is 0 Å². The third-order valence-electron chi connectivity index (χ3n) is 4.14. The Balaban J connectivity index is 1.92. The fourth-order valence-corrected chi connectivity index (χ4v) is 2.87. The van der Waals surface area contributed by atoms with Crippen molar-refractivity contribution in [3.63, 3.8) is 0 Å². The standard InChI is InChI=1S/C17H30N4O2/c1-13(14-10-19-20(5)12-14)18-11-15-8-6-7-9-21(15)16(22)23-17(2,3)4/h10,12-13,15,18H,6-9,11H2,1-5H3. The molecule has 0 aliphatic carbocycles. The lowest BCUT2D eigenvalue weighted by atomic mass is 10.0. The number of piperidine rings is 1. The molecule has 2 heterocycles. The van der Waals surface area contributed by atoms with Crippen LogP contribution in [0, 0.1) is 0 Å². The van der Waals surface area contributed by atoms with Crippen molar-refractivity contribution >= 4 is 6.09 Å². The minimum Gasteiger partial charge on any atom is -0.444 e. The van der Waals surface area contributed by atoms with Gasteiger partial charge in [-0.05, 0) is 47.0 Å². The van der Waals surface area contributed by atoms with E-state index in [0.29, 0.717) is 0 Å². The number of carbonyl (C=O) groups excluding carboxylic acids is 1. The largest absolute Gasteiger partial charge is 0.444 e. The minimum atomic E-state index is -0.449. The first-order valence-electron chi connectivity index (χ1n) is 8.48. The van der Waals surface area contributed by atoms with Crippen LogP contribution in [0.1, 0.15) is 58.6 Å². The number of hydrogen-bond acceptors (Lipinski definition) is 4. The quantitative estimate of drug-likeness (QED) is 0.926. The molecular formula is C17H30N4O2. The van der Waals surface area contributed by atoms with Gasteiger partial charge in [0.2, 0.25) is 0 Å². The highest BCUT2D eigenvalue weighted by Crippen LogP contribution is 2.21. The number of aromatic nitrogens is 2. The number of nitrogens with one attached hydrogen (secondary N) is 1. The van der Waals surface area contributed by atoms with Crippen LogP contribution < -0.4 is 5.32 Å². The second kappa shape index (κ2) is 7.34. The number of aryl methyl sites for hydroxylation is 1. The molecule has 1 aromatic heterocycles. The molecular weight excluding hydrogens is 292 g/mol. The topological polar surface area (TPSA) is 59.4 Å². The van der Waals surface area contributed by atoms with Crippen LogP contribution in [0.4, 0.5) is 4.79 Å². The van der Waals surface area contributed by atoms with Gasteiger partial charge in [-0.3, -0.25) is 4.68 Å². The molecule has 1 saturated heterocycles. The van der Waals surface area contributed by atoms with E-state index in [1.54, 1.807) is 4.68 Å². The second-order valence-electron chi connectivity index (χ2n) is 7.40. The SMILES string of the molecule is CC(NCC1CCCCN1C(=O)OC(C)(C)C)c1cnn(C)c1. The van der Waals surface area contributed by atoms with Crippen molar-refractivity contribution < 1.29 is 9.53 Å². The molecule has 0 spiro atoms. The van der Waals surface area contributed by atoms with E-state index >= 15 is 0 Å². The van der Waals surface area contributed by atoms with E-state index in [0.717, 1.165) is 37.9 Å². The Hall–Kier alpha value is -1.56. The first kappa shape index (κ1) is 17.8. The van der Waals surface area contributed by atoms with E-state index in [4.69, 9.17) is 4.74 Å². The third-order valence-corrected chi connectivity index (χ3v) is 4.14. The fourth-order valence-electron chi connectivity index (χ4n) is 2.87. The molecule has 6 nitrogen and oxygen atoms in total. The predicted octanol–water partition coefficient (Wildman–Crippen LogP) is 2.86. The van der Waals surface area contributed by atoms with Crippen molar-refractivity contribution in [2.24, 2.45) is 7.05 Å². The van der Waals surface area contributed by atoms with Gasteiger partial charge in [0.1, 0.15) is 5.60 Å². The zero-order valence-electron chi connectivity index (χ0n) is 15.0. The van der Waals surface area contributed by atoms with E-state index in [1.807, 2.05) is 45.1 Å². The number of likely N-dealkylation sites (tertiary alicyclic amines) is 1. The highest BCUT2D eigenvalue weighted by atomic mass is 16.6. The number of rotatable bonds is 4. The van der Waals surface area contributed by atoms with Gasteiger partial charge in [-0.25, -0.2) is 4.79 Å². The van der Waals surface area contributed by atoms with Crippen LogP contribution in [0.5, 0.6) is 0 Å². The van der Waals surface area contributed by atoms with Gasteiger partial charge in [-0.15, -0.1) is 0 Å². The van der Waals surface area contributed by atoms with Gasteiger partial charge >= 0.3 is 6.09 Å². The number of ether oxygens (including phenoxy) is 1. The monoisotopic (exact) mass is 322 g/mol. The van der Waals surface area contributed by atoms with Crippen molar-refractivity contribution in [3.05, 3.63) is 18.0 Å². The second-order valence-corrected chi connectivity index (χ2v) is 7.40. The summed E-state index contributed by atoms with van der Waals surface area (Å²) in [5.74, 6) is 0. The smallest absolute Gasteiger partial charge is 0.410 e. The molecule has 1 amide bonds. The Bertz CT molecular complexity index is 521. The van der Waals surface area contributed by atoms with Crippen LogP contribution in [0.25, 0.3) is 0 Å². The average Bonchev–Trinajstić information content (AvgIpc) is 2.90. The Morgan fingerprint density at radius 3 is 2.83 bits per heavy atom. The summed E-state index contributed by atoms with van der Waals surface area (Å²) in [6.07, 6.45) is 6.93. The molecule has 1 aromatic rings. The van der Waals surface area contributed by atoms with Crippen LogP contribution in [0.15, 0.2) is 12.4 Å². The van der Waals surface area contributed by atoms with Crippen LogP contribution >= 0.6 is 0 Å². The van der Waals surface area contributed by atoms with Crippen molar-refractivity contribution in [2.75, 3.05) is 13.1 Å². The number of carbonyl (C=O) groups is 1. The summed E-state index contributed by atoms with van der Waals surface area (Å²) in [7, 11) is 1.92. The van der Waals surface area contributed by atoms with E-state index in [1.165, 1.54) is 0 Å². The maximum absolute atomic E-state index is 12.4. The van der Waals surface area contributed by atoms with Gasteiger partial charge in [-0.2, -0.15) is 5.10 Å². The van der Waals surface area contributed by atoms with Gasteiger partial charge in [0, 0.05) is 44.0 Å².